The Kier molecular flexibility index (Phi) is 4.36. The lowest BCUT2D eigenvalue weighted by Gasteiger charge is -2.28. The second-order valence-corrected chi connectivity index (χ2v) is 6.87. The molecule has 2 heterocycles. The van der Waals surface area contributed by atoms with Crippen molar-refractivity contribution in [3.63, 3.8) is 0 Å². The Hall–Kier alpha value is -2.46. The summed E-state index contributed by atoms with van der Waals surface area (Å²) in [6.07, 6.45) is 1.60. The van der Waals surface area contributed by atoms with Crippen molar-refractivity contribution in [2.24, 2.45) is 0 Å². The largest absolute Gasteiger partial charge is 0.460 e. The lowest BCUT2D eigenvalue weighted by Crippen LogP contribution is -2.40. The highest BCUT2D eigenvalue weighted by Crippen LogP contribution is 2.38. The van der Waals surface area contributed by atoms with Crippen molar-refractivity contribution in [2.75, 3.05) is 0 Å². The fourth-order valence-corrected chi connectivity index (χ4v) is 3.95. The van der Waals surface area contributed by atoms with Gasteiger partial charge in [-0.25, -0.2) is 0 Å². The Morgan fingerprint density at radius 2 is 1.72 bits per heavy atom. The predicted molar refractivity (Wildman–Crippen MR) is 93.9 cm³/mol. The average Bonchev–Trinajstić information content (AvgIpc) is 2.75. The van der Waals surface area contributed by atoms with Gasteiger partial charge in [-0.05, 0) is 23.1 Å². The van der Waals surface area contributed by atoms with E-state index >= 15 is 0 Å². The molecule has 4 nitrogen and oxygen atoms in total. The number of hydrogen-bond donors (Lipinski definition) is 1. The summed E-state index contributed by atoms with van der Waals surface area (Å²) in [6.45, 7) is 0.277. The zero-order valence-corrected chi connectivity index (χ0v) is 14.0. The fourth-order valence-electron chi connectivity index (χ4n) is 3.95. The van der Waals surface area contributed by atoms with Crippen LogP contribution in [0.15, 0.2) is 54.6 Å². The molecule has 0 amide bonds. The number of ketones is 1. The van der Waals surface area contributed by atoms with Crippen LogP contribution in [-0.4, -0.2) is 17.8 Å². The third-order valence-corrected chi connectivity index (χ3v) is 5.12. The standard InChI is InChI=1S/C21H21NO3/c23-16-10-15-11-19(21(24)25-13-14-6-2-1-3-7-14)17-8-4-5-9-18(17)20(12-16)22-15/h1-9,15,19-20,22H,10-13H2. The highest BCUT2D eigenvalue weighted by molar-refractivity contribution is 5.83. The van der Waals surface area contributed by atoms with Crippen LogP contribution in [0.2, 0.25) is 0 Å². The van der Waals surface area contributed by atoms with Crippen LogP contribution in [0.4, 0.5) is 0 Å². The van der Waals surface area contributed by atoms with E-state index in [9.17, 15) is 9.59 Å². The summed E-state index contributed by atoms with van der Waals surface area (Å²) in [5, 5.41) is 3.53. The maximum absolute atomic E-state index is 12.8. The van der Waals surface area contributed by atoms with Gasteiger partial charge in [-0.15, -0.1) is 0 Å². The number of benzene rings is 2. The average molecular weight is 335 g/mol. The molecule has 0 spiro atoms. The summed E-state index contributed by atoms with van der Waals surface area (Å²) in [5.74, 6) is -0.270. The van der Waals surface area contributed by atoms with E-state index in [0.717, 1.165) is 16.7 Å². The summed E-state index contributed by atoms with van der Waals surface area (Å²) in [5.41, 5.74) is 3.03. The summed E-state index contributed by atoms with van der Waals surface area (Å²) < 4.78 is 5.60. The van der Waals surface area contributed by atoms with Crippen molar-refractivity contribution in [1.29, 1.82) is 0 Å². The maximum atomic E-state index is 12.8. The van der Waals surface area contributed by atoms with Gasteiger partial charge in [0, 0.05) is 24.9 Å². The highest BCUT2D eigenvalue weighted by Gasteiger charge is 2.38. The summed E-state index contributed by atoms with van der Waals surface area (Å²) in [6, 6.07) is 17.7. The van der Waals surface area contributed by atoms with E-state index in [4.69, 9.17) is 4.74 Å². The Balaban J connectivity index is 1.58. The zero-order chi connectivity index (χ0) is 17.2. The Labute approximate surface area is 147 Å². The number of carbonyl (C=O) groups is 2. The summed E-state index contributed by atoms with van der Waals surface area (Å²) >= 11 is 0. The first-order valence-corrected chi connectivity index (χ1v) is 8.78. The van der Waals surface area contributed by atoms with E-state index in [-0.39, 0.29) is 36.4 Å². The van der Waals surface area contributed by atoms with Crippen LogP contribution in [0.3, 0.4) is 0 Å². The van der Waals surface area contributed by atoms with Gasteiger partial charge < -0.3 is 10.1 Å². The molecule has 2 aliphatic heterocycles. The topological polar surface area (TPSA) is 55.4 Å². The van der Waals surface area contributed by atoms with Gasteiger partial charge in [0.2, 0.25) is 0 Å². The van der Waals surface area contributed by atoms with E-state index in [1.807, 2.05) is 54.6 Å². The van der Waals surface area contributed by atoms with Crippen LogP contribution in [0.25, 0.3) is 0 Å². The molecule has 25 heavy (non-hydrogen) atoms. The van der Waals surface area contributed by atoms with Crippen LogP contribution in [0.1, 0.15) is 47.9 Å². The number of hydrogen-bond acceptors (Lipinski definition) is 4. The number of Topliss-reactive ketones (excluding diaryl/α,β-unsaturated/α-hetero) is 1. The van der Waals surface area contributed by atoms with Crippen molar-refractivity contribution in [2.45, 2.75) is 43.9 Å². The van der Waals surface area contributed by atoms with Crippen molar-refractivity contribution >= 4 is 11.8 Å². The van der Waals surface area contributed by atoms with Crippen LogP contribution in [-0.2, 0) is 20.9 Å². The van der Waals surface area contributed by atoms with Crippen molar-refractivity contribution < 1.29 is 14.3 Å². The molecule has 0 aromatic heterocycles. The second kappa shape index (κ2) is 6.81. The van der Waals surface area contributed by atoms with E-state index in [2.05, 4.69) is 5.32 Å². The molecule has 2 bridgehead atoms. The van der Waals surface area contributed by atoms with Crippen molar-refractivity contribution in [3.8, 4) is 0 Å². The van der Waals surface area contributed by atoms with Crippen LogP contribution in [0.5, 0.6) is 0 Å². The van der Waals surface area contributed by atoms with Crippen LogP contribution >= 0.6 is 0 Å². The summed E-state index contributed by atoms with van der Waals surface area (Å²) in [4.78, 5) is 24.9. The molecule has 4 heteroatoms. The van der Waals surface area contributed by atoms with Gasteiger partial charge >= 0.3 is 5.97 Å². The van der Waals surface area contributed by atoms with Crippen molar-refractivity contribution in [3.05, 3.63) is 71.3 Å². The monoisotopic (exact) mass is 335 g/mol. The molecule has 0 saturated carbocycles. The molecule has 4 rings (SSSR count). The fraction of sp³-hybridized carbons (Fsp3) is 0.333. The predicted octanol–water partition coefficient (Wildman–Crippen LogP) is 3.28. The molecule has 1 fully saturated rings. The molecular weight excluding hydrogens is 314 g/mol. The number of esters is 1. The first-order valence-electron chi connectivity index (χ1n) is 8.78. The second-order valence-electron chi connectivity index (χ2n) is 6.87. The zero-order valence-electron chi connectivity index (χ0n) is 14.0. The molecule has 3 unspecified atom stereocenters. The number of ether oxygens (including phenoxy) is 1. The minimum atomic E-state index is -0.326. The van der Waals surface area contributed by atoms with E-state index in [1.54, 1.807) is 0 Å². The van der Waals surface area contributed by atoms with Gasteiger partial charge in [0.15, 0.2) is 0 Å². The molecule has 3 atom stereocenters. The van der Waals surface area contributed by atoms with Gasteiger partial charge in [-0.1, -0.05) is 54.6 Å². The van der Waals surface area contributed by atoms with E-state index in [0.29, 0.717) is 19.3 Å². The molecule has 0 aliphatic carbocycles. The third-order valence-electron chi connectivity index (χ3n) is 5.12. The molecule has 2 aliphatic rings. The van der Waals surface area contributed by atoms with Gasteiger partial charge in [0.05, 0.1) is 5.92 Å². The minimum absolute atomic E-state index is 0.00868. The van der Waals surface area contributed by atoms with Gasteiger partial charge in [-0.2, -0.15) is 0 Å². The van der Waals surface area contributed by atoms with Crippen molar-refractivity contribution in [1.82, 2.24) is 5.32 Å². The number of carbonyl (C=O) groups excluding carboxylic acids is 2. The van der Waals surface area contributed by atoms with E-state index < -0.39 is 0 Å². The Morgan fingerprint density at radius 1 is 1.00 bits per heavy atom. The molecule has 0 radical (unpaired) electrons. The Bertz CT molecular complexity index is 787. The highest BCUT2D eigenvalue weighted by atomic mass is 16.5. The van der Waals surface area contributed by atoms with Gasteiger partial charge in [0.25, 0.3) is 0 Å². The quantitative estimate of drug-likeness (QED) is 0.875. The molecule has 2 aromatic carbocycles. The lowest BCUT2D eigenvalue weighted by molar-refractivity contribution is -0.147. The maximum Gasteiger partial charge on any atom is 0.313 e. The normalized spacial score (nSPS) is 25.0. The number of rotatable bonds is 3. The van der Waals surface area contributed by atoms with Gasteiger partial charge in [0.1, 0.15) is 12.4 Å². The van der Waals surface area contributed by atoms with Crippen LogP contribution in [0, 0.1) is 0 Å². The number of nitrogens with one attached hydrogen (secondary N) is 1. The van der Waals surface area contributed by atoms with Crippen LogP contribution < -0.4 is 5.32 Å². The molecular formula is C21H21NO3. The minimum Gasteiger partial charge on any atom is -0.460 e. The number of fused-ring (bicyclic) bond motifs is 4. The first-order chi connectivity index (χ1) is 12.2. The Morgan fingerprint density at radius 3 is 2.52 bits per heavy atom. The molecule has 128 valence electrons. The van der Waals surface area contributed by atoms with Gasteiger partial charge in [-0.3, -0.25) is 9.59 Å². The molecule has 1 saturated heterocycles. The lowest BCUT2D eigenvalue weighted by atomic mass is 9.89. The third kappa shape index (κ3) is 3.35. The smallest absolute Gasteiger partial charge is 0.313 e. The summed E-state index contributed by atoms with van der Waals surface area (Å²) in [7, 11) is 0. The first kappa shape index (κ1) is 16.0. The molecule has 1 N–H and O–H groups in total. The molecule has 2 aromatic rings. The van der Waals surface area contributed by atoms with E-state index in [1.165, 1.54) is 0 Å². The number of piperidine rings is 1. The SMILES string of the molecule is O=C1CC2CC(C(=O)OCc3ccccc3)c3ccccc3C(C1)N2.